The summed E-state index contributed by atoms with van der Waals surface area (Å²) in [4.78, 5) is 6.91. The summed E-state index contributed by atoms with van der Waals surface area (Å²) in [6.45, 7) is 8.49. The molecule has 0 atom stereocenters. The first-order valence-electron chi connectivity index (χ1n) is 10.4. The Kier molecular flexibility index (Phi) is 7.91. The number of aliphatic imine (C=N–C) groups is 1. The van der Waals surface area contributed by atoms with Crippen molar-refractivity contribution in [3.63, 3.8) is 0 Å². The molecule has 1 aliphatic rings. The number of hydrogen-bond acceptors (Lipinski definition) is 3. The third-order valence-electron chi connectivity index (χ3n) is 5.38. The number of nitrogens with one attached hydrogen (secondary N) is 2. The Labute approximate surface area is 169 Å². The Hall–Kier alpha value is -2.34. The molecule has 1 aromatic carbocycles. The largest absolute Gasteiger partial charge is 0.356 e. The Morgan fingerprint density at radius 2 is 1.93 bits per heavy atom. The average Bonchev–Trinajstić information content (AvgIpc) is 3.17. The Balaban J connectivity index is 1.34. The molecule has 0 amide bonds. The van der Waals surface area contributed by atoms with Gasteiger partial charge >= 0.3 is 0 Å². The minimum Gasteiger partial charge on any atom is -0.356 e. The molecular formula is C22H34N6. The van der Waals surface area contributed by atoms with E-state index >= 15 is 0 Å². The molecular weight excluding hydrogens is 348 g/mol. The average molecular weight is 383 g/mol. The van der Waals surface area contributed by atoms with Crippen LogP contribution in [0, 0.1) is 5.92 Å². The van der Waals surface area contributed by atoms with Crippen molar-refractivity contribution >= 4 is 5.96 Å². The number of piperidine rings is 1. The number of nitrogens with zero attached hydrogens (tertiary/aromatic N) is 4. The summed E-state index contributed by atoms with van der Waals surface area (Å²) in [7, 11) is 1.82. The zero-order valence-corrected chi connectivity index (χ0v) is 17.3. The van der Waals surface area contributed by atoms with Crippen molar-refractivity contribution < 1.29 is 0 Å². The first-order valence-corrected chi connectivity index (χ1v) is 10.4. The fraction of sp³-hybridized carbons (Fsp3) is 0.545. The molecule has 2 N–H and O–H groups in total. The summed E-state index contributed by atoms with van der Waals surface area (Å²) in [5, 5.41) is 11.3. The molecule has 0 radical (unpaired) electrons. The molecule has 28 heavy (non-hydrogen) atoms. The molecule has 152 valence electrons. The lowest BCUT2D eigenvalue weighted by Gasteiger charge is -2.30. The van der Waals surface area contributed by atoms with Crippen molar-refractivity contribution in [2.75, 3.05) is 33.2 Å². The number of hydrogen-bond donors (Lipinski definition) is 2. The van der Waals surface area contributed by atoms with Crippen LogP contribution in [0.25, 0.3) is 0 Å². The third-order valence-corrected chi connectivity index (χ3v) is 5.38. The van der Waals surface area contributed by atoms with Gasteiger partial charge in [-0.3, -0.25) is 9.67 Å². The van der Waals surface area contributed by atoms with Gasteiger partial charge in [-0.05, 0) is 50.4 Å². The lowest BCUT2D eigenvalue weighted by Crippen LogP contribution is -2.39. The van der Waals surface area contributed by atoms with Gasteiger partial charge in [-0.1, -0.05) is 37.3 Å². The van der Waals surface area contributed by atoms with E-state index in [9.17, 15) is 0 Å². The van der Waals surface area contributed by atoms with Crippen LogP contribution in [0.4, 0.5) is 0 Å². The van der Waals surface area contributed by atoms with Gasteiger partial charge in [0.25, 0.3) is 0 Å². The fourth-order valence-electron chi connectivity index (χ4n) is 3.56. The van der Waals surface area contributed by atoms with Crippen LogP contribution in [0.5, 0.6) is 0 Å². The van der Waals surface area contributed by atoms with Crippen LogP contribution in [0.3, 0.4) is 0 Å². The van der Waals surface area contributed by atoms with Crippen molar-refractivity contribution in [3.05, 3.63) is 53.9 Å². The zero-order chi connectivity index (χ0) is 19.6. The number of benzene rings is 1. The van der Waals surface area contributed by atoms with E-state index in [0.717, 1.165) is 43.5 Å². The highest BCUT2D eigenvalue weighted by Crippen LogP contribution is 2.15. The van der Waals surface area contributed by atoms with Gasteiger partial charge in [0, 0.05) is 31.9 Å². The normalized spacial score (nSPS) is 16.3. The molecule has 1 aromatic heterocycles. The molecule has 0 aliphatic carbocycles. The summed E-state index contributed by atoms with van der Waals surface area (Å²) in [6, 6.07) is 10.4. The lowest BCUT2D eigenvalue weighted by molar-refractivity contribution is 0.191. The second-order valence-electron chi connectivity index (χ2n) is 7.76. The van der Waals surface area contributed by atoms with Gasteiger partial charge in [0.15, 0.2) is 5.96 Å². The molecule has 0 unspecified atom stereocenters. The maximum atomic E-state index is 4.46. The third kappa shape index (κ3) is 6.68. The SMILES string of the molecule is CN=C(NCCCN1CCC(C)CC1)NCc1cnn(Cc2ccccc2)c1. The molecule has 0 saturated carbocycles. The van der Waals surface area contributed by atoms with E-state index in [1.54, 1.807) is 0 Å². The van der Waals surface area contributed by atoms with Gasteiger partial charge in [-0.2, -0.15) is 5.10 Å². The highest BCUT2D eigenvalue weighted by atomic mass is 15.3. The van der Waals surface area contributed by atoms with Crippen molar-refractivity contribution in [1.82, 2.24) is 25.3 Å². The van der Waals surface area contributed by atoms with E-state index in [1.807, 2.05) is 24.0 Å². The van der Waals surface area contributed by atoms with E-state index in [4.69, 9.17) is 0 Å². The van der Waals surface area contributed by atoms with Gasteiger partial charge in [0.1, 0.15) is 0 Å². The lowest BCUT2D eigenvalue weighted by atomic mass is 9.99. The molecule has 2 aromatic rings. The number of aromatic nitrogens is 2. The van der Waals surface area contributed by atoms with Crippen molar-refractivity contribution in [1.29, 1.82) is 0 Å². The highest BCUT2D eigenvalue weighted by molar-refractivity contribution is 5.79. The van der Waals surface area contributed by atoms with Crippen molar-refractivity contribution in [2.45, 2.75) is 39.3 Å². The van der Waals surface area contributed by atoms with Crippen LogP contribution >= 0.6 is 0 Å². The second kappa shape index (κ2) is 10.9. The van der Waals surface area contributed by atoms with Crippen LogP contribution in [0.2, 0.25) is 0 Å². The van der Waals surface area contributed by atoms with E-state index in [-0.39, 0.29) is 0 Å². The molecule has 0 bridgehead atoms. The van der Waals surface area contributed by atoms with E-state index in [2.05, 4.69) is 63.0 Å². The zero-order valence-electron chi connectivity index (χ0n) is 17.3. The molecule has 2 heterocycles. The van der Waals surface area contributed by atoms with Gasteiger partial charge < -0.3 is 15.5 Å². The van der Waals surface area contributed by atoms with Gasteiger partial charge in [0.05, 0.1) is 12.7 Å². The monoisotopic (exact) mass is 382 g/mol. The van der Waals surface area contributed by atoms with Crippen LogP contribution in [0.15, 0.2) is 47.7 Å². The number of likely N-dealkylation sites (tertiary alicyclic amines) is 1. The van der Waals surface area contributed by atoms with Gasteiger partial charge in [0.2, 0.25) is 0 Å². The molecule has 1 fully saturated rings. The van der Waals surface area contributed by atoms with E-state index in [1.165, 1.54) is 38.0 Å². The molecule has 6 nitrogen and oxygen atoms in total. The second-order valence-corrected chi connectivity index (χ2v) is 7.76. The number of rotatable bonds is 8. The van der Waals surface area contributed by atoms with Gasteiger partial charge in [-0.15, -0.1) is 0 Å². The predicted molar refractivity (Wildman–Crippen MR) is 115 cm³/mol. The topological polar surface area (TPSA) is 57.5 Å². The minimum atomic E-state index is 0.721. The Bertz CT molecular complexity index is 716. The molecule has 6 heteroatoms. The summed E-state index contributed by atoms with van der Waals surface area (Å²) in [5.74, 6) is 1.75. The van der Waals surface area contributed by atoms with E-state index < -0.39 is 0 Å². The first-order chi connectivity index (χ1) is 13.7. The fourth-order valence-corrected chi connectivity index (χ4v) is 3.56. The molecule has 0 spiro atoms. The summed E-state index contributed by atoms with van der Waals surface area (Å²) < 4.78 is 1.97. The molecule has 1 saturated heterocycles. The highest BCUT2D eigenvalue weighted by Gasteiger charge is 2.14. The maximum Gasteiger partial charge on any atom is 0.191 e. The van der Waals surface area contributed by atoms with E-state index in [0.29, 0.717) is 0 Å². The van der Waals surface area contributed by atoms with Crippen molar-refractivity contribution in [3.8, 4) is 0 Å². The van der Waals surface area contributed by atoms with Crippen LogP contribution in [-0.4, -0.2) is 53.9 Å². The summed E-state index contributed by atoms with van der Waals surface area (Å²) in [6.07, 6.45) is 7.83. The Morgan fingerprint density at radius 3 is 2.68 bits per heavy atom. The smallest absolute Gasteiger partial charge is 0.191 e. The van der Waals surface area contributed by atoms with Gasteiger partial charge in [-0.25, -0.2) is 0 Å². The molecule has 1 aliphatic heterocycles. The summed E-state index contributed by atoms with van der Waals surface area (Å²) >= 11 is 0. The van der Waals surface area contributed by atoms with Crippen molar-refractivity contribution in [2.24, 2.45) is 10.9 Å². The Morgan fingerprint density at radius 1 is 1.14 bits per heavy atom. The van der Waals surface area contributed by atoms with Crippen LogP contribution < -0.4 is 10.6 Å². The van der Waals surface area contributed by atoms with Crippen LogP contribution in [0.1, 0.15) is 37.3 Å². The summed E-state index contributed by atoms with van der Waals surface area (Å²) in [5.41, 5.74) is 2.41. The molecule has 3 rings (SSSR count). The minimum absolute atomic E-state index is 0.721. The quantitative estimate of drug-likeness (QED) is 0.419. The van der Waals surface area contributed by atoms with Crippen LogP contribution in [-0.2, 0) is 13.1 Å². The predicted octanol–water partition coefficient (Wildman–Crippen LogP) is 2.72. The maximum absolute atomic E-state index is 4.46. The first kappa shape index (κ1) is 20.4. The standard InChI is InChI=1S/C22H34N6/c1-19-9-13-27(14-10-19)12-6-11-24-22(23-2)25-15-21-16-26-28(18-21)17-20-7-4-3-5-8-20/h3-5,7-8,16,18-19H,6,9-15,17H2,1-2H3,(H2,23,24,25). The number of guanidine groups is 1.